The summed E-state index contributed by atoms with van der Waals surface area (Å²) in [5.41, 5.74) is 8.35. The smallest absolute Gasteiger partial charge is 0.166 e. The first kappa shape index (κ1) is 23.4. The van der Waals surface area contributed by atoms with Crippen LogP contribution < -0.4 is 0 Å². The summed E-state index contributed by atoms with van der Waals surface area (Å²) in [6.07, 6.45) is -4.37. The first-order valence-electron chi connectivity index (χ1n) is 11.9. The Bertz CT molecular complexity index is 1410. The van der Waals surface area contributed by atoms with Crippen molar-refractivity contribution >= 4 is 0 Å². The molecular formula is C32H29F3. The average molecular weight is 471 g/mol. The Kier molecular flexibility index (Phi) is 5.25. The molecular weight excluding hydrogens is 441 g/mol. The van der Waals surface area contributed by atoms with E-state index in [-0.39, 0.29) is 0 Å². The van der Waals surface area contributed by atoms with Gasteiger partial charge in [-0.05, 0) is 66.3 Å². The van der Waals surface area contributed by atoms with Crippen molar-refractivity contribution in [2.45, 2.75) is 51.6 Å². The van der Waals surface area contributed by atoms with E-state index in [0.29, 0.717) is 0 Å². The molecule has 0 saturated heterocycles. The number of aryl methyl sites for hydroxylation is 3. The maximum Gasteiger partial charge on any atom is 0.416 e. The third kappa shape index (κ3) is 3.43. The van der Waals surface area contributed by atoms with Crippen molar-refractivity contribution in [3.05, 3.63) is 129 Å². The van der Waals surface area contributed by atoms with Gasteiger partial charge in [-0.2, -0.15) is 13.2 Å². The molecule has 0 radical (unpaired) electrons. The predicted molar refractivity (Wildman–Crippen MR) is 137 cm³/mol. The van der Waals surface area contributed by atoms with Gasteiger partial charge in [0.1, 0.15) is 0 Å². The van der Waals surface area contributed by atoms with Crippen LogP contribution >= 0.6 is 0 Å². The molecule has 0 spiro atoms. The van der Waals surface area contributed by atoms with Gasteiger partial charge in [0.2, 0.25) is 0 Å². The van der Waals surface area contributed by atoms with Crippen molar-refractivity contribution in [1.82, 2.24) is 0 Å². The molecule has 1 aliphatic carbocycles. The minimum Gasteiger partial charge on any atom is -0.166 e. The largest absolute Gasteiger partial charge is 0.416 e. The lowest BCUT2D eigenvalue weighted by molar-refractivity contribution is -0.137. The first-order valence-corrected chi connectivity index (χ1v) is 11.9. The summed E-state index contributed by atoms with van der Waals surface area (Å²) >= 11 is 0. The molecule has 1 aliphatic rings. The maximum absolute atomic E-state index is 13.4. The van der Waals surface area contributed by atoms with E-state index in [1.165, 1.54) is 28.8 Å². The number of hydrogen-bond donors (Lipinski definition) is 0. The molecule has 5 rings (SSSR count). The van der Waals surface area contributed by atoms with Crippen molar-refractivity contribution in [3.8, 4) is 11.1 Å². The van der Waals surface area contributed by atoms with Crippen LogP contribution in [-0.2, 0) is 17.0 Å². The van der Waals surface area contributed by atoms with Gasteiger partial charge in [-0.3, -0.25) is 0 Å². The zero-order valence-electron chi connectivity index (χ0n) is 20.7. The second-order valence-electron chi connectivity index (χ2n) is 10.3. The molecule has 2 atom stereocenters. The highest BCUT2D eigenvalue weighted by Crippen LogP contribution is 2.60. The minimum atomic E-state index is -4.37. The molecule has 178 valence electrons. The van der Waals surface area contributed by atoms with Gasteiger partial charge >= 0.3 is 6.18 Å². The maximum atomic E-state index is 13.4. The van der Waals surface area contributed by atoms with E-state index in [0.717, 1.165) is 33.4 Å². The Balaban J connectivity index is 1.90. The topological polar surface area (TPSA) is 0 Å². The van der Waals surface area contributed by atoms with E-state index in [9.17, 15) is 13.2 Å². The molecule has 0 aliphatic heterocycles. The van der Waals surface area contributed by atoms with Gasteiger partial charge in [-0.25, -0.2) is 0 Å². The Morgan fingerprint density at radius 1 is 0.514 bits per heavy atom. The van der Waals surface area contributed by atoms with Gasteiger partial charge in [-0.1, -0.05) is 103 Å². The summed E-state index contributed by atoms with van der Waals surface area (Å²) in [4.78, 5) is 0. The lowest BCUT2D eigenvalue weighted by atomic mass is 9.49. The highest BCUT2D eigenvalue weighted by Gasteiger charge is 2.54. The van der Waals surface area contributed by atoms with Crippen LogP contribution in [0.5, 0.6) is 0 Å². The zero-order valence-corrected chi connectivity index (χ0v) is 20.7. The highest BCUT2D eigenvalue weighted by atomic mass is 19.4. The van der Waals surface area contributed by atoms with Gasteiger partial charge in [0.15, 0.2) is 0 Å². The molecule has 4 aromatic rings. The van der Waals surface area contributed by atoms with E-state index in [4.69, 9.17) is 0 Å². The third-order valence-electron chi connectivity index (χ3n) is 8.14. The van der Waals surface area contributed by atoms with Crippen LogP contribution in [0, 0.1) is 20.8 Å². The Hall–Kier alpha value is -3.33. The van der Waals surface area contributed by atoms with E-state index in [1.54, 1.807) is 12.1 Å². The predicted octanol–water partition coefficient (Wildman–Crippen LogP) is 8.92. The van der Waals surface area contributed by atoms with Crippen molar-refractivity contribution in [2.24, 2.45) is 0 Å². The summed E-state index contributed by atoms with van der Waals surface area (Å²) in [6, 6.07) is 27.4. The Morgan fingerprint density at radius 3 is 1.29 bits per heavy atom. The molecule has 35 heavy (non-hydrogen) atoms. The van der Waals surface area contributed by atoms with E-state index in [1.807, 2.05) is 0 Å². The van der Waals surface area contributed by atoms with Crippen molar-refractivity contribution in [2.75, 3.05) is 0 Å². The van der Waals surface area contributed by atoms with Crippen LogP contribution in [0.3, 0.4) is 0 Å². The van der Waals surface area contributed by atoms with E-state index in [2.05, 4.69) is 95.3 Å². The van der Waals surface area contributed by atoms with Gasteiger partial charge < -0.3 is 0 Å². The van der Waals surface area contributed by atoms with Crippen molar-refractivity contribution < 1.29 is 13.2 Å². The van der Waals surface area contributed by atoms with E-state index >= 15 is 0 Å². The molecule has 0 heterocycles. The highest BCUT2D eigenvalue weighted by molar-refractivity contribution is 5.81. The van der Waals surface area contributed by atoms with Crippen LogP contribution in [0.2, 0.25) is 0 Å². The number of rotatable bonds is 2. The standard InChI is InChI=1S/C32H29F3/c1-20-6-10-23(11-7-20)30(4)28-18-21(2)8-16-26(28)27-17-9-22(3)19-29(27)31(30,5)24-12-14-25(15-13-24)32(33,34)35/h6-19H,1-5H3. The fourth-order valence-corrected chi connectivity index (χ4v) is 5.92. The van der Waals surface area contributed by atoms with Crippen LogP contribution in [0.25, 0.3) is 11.1 Å². The van der Waals surface area contributed by atoms with Crippen molar-refractivity contribution in [1.29, 1.82) is 0 Å². The number of benzene rings is 4. The molecule has 2 unspecified atom stereocenters. The fourth-order valence-electron chi connectivity index (χ4n) is 5.92. The van der Waals surface area contributed by atoms with Crippen molar-refractivity contribution in [3.63, 3.8) is 0 Å². The summed E-state index contributed by atoms with van der Waals surface area (Å²) < 4.78 is 40.3. The molecule has 0 aromatic heterocycles. The van der Waals surface area contributed by atoms with E-state index < -0.39 is 22.6 Å². The second-order valence-corrected chi connectivity index (χ2v) is 10.3. The van der Waals surface area contributed by atoms with Crippen LogP contribution in [0.15, 0.2) is 84.9 Å². The van der Waals surface area contributed by atoms with Gasteiger partial charge in [0.25, 0.3) is 0 Å². The number of alkyl halides is 3. The summed E-state index contributed by atoms with van der Waals surface area (Å²) in [5.74, 6) is 0. The third-order valence-corrected chi connectivity index (χ3v) is 8.14. The number of fused-ring (bicyclic) bond motifs is 3. The van der Waals surface area contributed by atoms with Gasteiger partial charge in [0, 0.05) is 10.8 Å². The van der Waals surface area contributed by atoms with Crippen LogP contribution in [0.1, 0.15) is 58.4 Å². The molecule has 0 amide bonds. The molecule has 0 nitrogen and oxygen atoms in total. The number of halogens is 3. The summed E-state index contributed by atoms with van der Waals surface area (Å²) in [5, 5.41) is 0. The SMILES string of the molecule is Cc1ccc(C2(C)c3cc(C)ccc3-c3ccc(C)cc3C2(C)c2ccc(C(F)(F)F)cc2)cc1. The average Bonchev–Trinajstić information content (AvgIpc) is 2.82. The molecule has 0 saturated carbocycles. The Labute approximate surface area is 205 Å². The lowest BCUT2D eigenvalue weighted by Crippen LogP contribution is -2.49. The monoisotopic (exact) mass is 470 g/mol. The molecule has 0 N–H and O–H groups in total. The molecule has 4 aromatic carbocycles. The Morgan fingerprint density at radius 2 is 0.886 bits per heavy atom. The quantitative estimate of drug-likeness (QED) is 0.274. The summed E-state index contributed by atoms with van der Waals surface area (Å²) in [7, 11) is 0. The first-order chi connectivity index (χ1) is 16.5. The minimum absolute atomic E-state index is 0.525. The fraction of sp³-hybridized carbons (Fsp3) is 0.250. The zero-order chi connectivity index (χ0) is 25.2. The normalized spacial score (nSPS) is 21.4. The van der Waals surface area contributed by atoms with Gasteiger partial charge in [0.05, 0.1) is 5.56 Å². The number of hydrogen-bond acceptors (Lipinski definition) is 0. The molecule has 0 fully saturated rings. The van der Waals surface area contributed by atoms with Gasteiger partial charge in [-0.15, -0.1) is 0 Å². The van der Waals surface area contributed by atoms with Crippen LogP contribution in [0.4, 0.5) is 13.2 Å². The second kappa shape index (κ2) is 7.84. The van der Waals surface area contributed by atoms with Crippen LogP contribution in [-0.4, -0.2) is 0 Å². The summed E-state index contributed by atoms with van der Waals surface area (Å²) in [6.45, 7) is 10.7. The molecule has 3 heteroatoms. The molecule has 0 bridgehead atoms. The lowest BCUT2D eigenvalue weighted by Gasteiger charge is -2.53.